The number of aliphatic hydroxyl groups excluding tert-OH is 1. The third-order valence-corrected chi connectivity index (χ3v) is 9.74. The van der Waals surface area contributed by atoms with Crippen LogP contribution in [0, 0.1) is 5.92 Å². The molecule has 3 aliphatic rings. The van der Waals surface area contributed by atoms with Crippen LogP contribution in [0.1, 0.15) is 114 Å². The number of aliphatic hydroxyl groups is 1. The molecule has 2 aromatic rings. The summed E-state index contributed by atoms with van der Waals surface area (Å²) in [4.78, 5) is 39.7. The first-order chi connectivity index (χ1) is 23.0. The van der Waals surface area contributed by atoms with Crippen LogP contribution >= 0.6 is 0 Å². The highest BCUT2D eigenvalue weighted by Gasteiger charge is 2.44. The van der Waals surface area contributed by atoms with Gasteiger partial charge >= 0.3 is 0 Å². The van der Waals surface area contributed by atoms with Crippen LogP contribution < -0.4 is 16.1 Å². The Morgan fingerprint density at radius 2 is 1.56 bits per heavy atom. The van der Waals surface area contributed by atoms with Crippen LogP contribution in [0.5, 0.6) is 0 Å². The quantitative estimate of drug-likeness (QED) is 0.161. The third kappa shape index (κ3) is 9.63. The number of carbonyl (C=O) groups excluding carboxylic acids is 3. The number of rotatable bonds is 11. The maximum atomic E-state index is 13.7. The summed E-state index contributed by atoms with van der Waals surface area (Å²) < 4.78 is 13.3. The van der Waals surface area contributed by atoms with Crippen molar-refractivity contribution in [2.24, 2.45) is 5.92 Å². The molecule has 5 rings (SSSR count). The molecular weight excluding hydrogens is 612 g/mol. The summed E-state index contributed by atoms with van der Waals surface area (Å²) in [7, 11) is 0. The van der Waals surface area contributed by atoms with Crippen molar-refractivity contribution in [3.63, 3.8) is 0 Å². The fourth-order valence-corrected chi connectivity index (χ4v) is 7.41. The first-order valence-corrected chi connectivity index (χ1v) is 17.4. The summed E-state index contributed by atoms with van der Waals surface area (Å²) in [6.45, 7) is 6.66. The van der Waals surface area contributed by atoms with Gasteiger partial charge in [0.1, 0.15) is 0 Å². The molecule has 0 bridgehead atoms. The van der Waals surface area contributed by atoms with Crippen LogP contribution in [0.4, 0.5) is 5.69 Å². The number of fused-ring (bicyclic) bond motifs is 1. The van der Waals surface area contributed by atoms with Crippen molar-refractivity contribution in [1.29, 1.82) is 0 Å². The summed E-state index contributed by atoms with van der Waals surface area (Å²) >= 11 is 0. The zero-order valence-electron chi connectivity index (χ0n) is 28.5. The number of hydrogen-bond acceptors (Lipinski definition) is 8. The van der Waals surface area contributed by atoms with Crippen LogP contribution in [-0.4, -0.2) is 63.2 Å². The molecule has 2 aliphatic heterocycles. The molecule has 0 aromatic heterocycles. The molecule has 5 N–H and O–H groups in total. The average Bonchev–Trinajstić information content (AvgIpc) is 3.07. The summed E-state index contributed by atoms with van der Waals surface area (Å²) in [6.07, 6.45) is 6.64. The molecule has 0 spiro atoms. The van der Waals surface area contributed by atoms with E-state index >= 15 is 0 Å². The summed E-state index contributed by atoms with van der Waals surface area (Å²) in [5.41, 5.74) is 4.51. The molecule has 48 heavy (non-hydrogen) atoms. The second kappa shape index (κ2) is 16.4. The van der Waals surface area contributed by atoms with E-state index in [0.29, 0.717) is 37.0 Å². The Labute approximate surface area is 283 Å². The summed E-state index contributed by atoms with van der Waals surface area (Å²) in [6, 6.07) is 15.3. The predicted molar refractivity (Wildman–Crippen MR) is 181 cm³/mol. The van der Waals surface area contributed by atoms with Gasteiger partial charge in [0.15, 0.2) is 6.29 Å². The number of anilines is 1. The van der Waals surface area contributed by atoms with E-state index in [1.807, 2.05) is 57.2 Å². The molecule has 3 fully saturated rings. The van der Waals surface area contributed by atoms with Crippen molar-refractivity contribution in [2.75, 3.05) is 11.9 Å². The second-order valence-electron chi connectivity index (χ2n) is 14.5. The first-order valence-electron chi connectivity index (χ1n) is 17.4. The fourth-order valence-electron chi connectivity index (χ4n) is 7.41. The Hall–Kier alpha value is -3.35. The van der Waals surface area contributed by atoms with Gasteiger partial charge in [-0.1, -0.05) is 49.2 Å². The number of carbonyl (C=O) groups is 3. The molecule has 1 saturated carbocycles. The number of ether oxygens (including phenoxy) is 2. The second-order valence-corrected chi connectivity index (χ2v) is 14.5. The fraction of sp³-hybridized carbons (Fsp3) is 0.595. The van der Waals surface area contributed by atoms with E-state index in [2.05, 4.69) is 15.5 Å². The SMILES string of the molecule is CC(C)(C)NC(=O)[C@H]1CC[C@H]2CCCC[C@H]2N1C[C@@H]1C[C@H](c2ccc(CO)cc2)O[C@H](c2ccc(NC(=O)CCCC(=O)NO)cc2)O1. The Kier molecular flexibility index (Phi) is 12.3. The monoisotopic (exact) mass is 664 g/mol. The molecule has 0 unspecified atom stereocenters. The molecule has 2 aromatic carbocycles. The van der Waals surface area contributed by atoms with Gasteiger partial charge in [-0.05, 0) is 82.1 Å². The van der Waals surface area contributed by atoms with Crippen molar-refractivity contribution in [3.8, 4) is 0 Å². The van der Waals surface area contributed by atoms with E-state index in [0.717, 1.165) is 36.0 Å². The van der Waals surface area contributed by atoms with Crippen LogP contribution in [0.15, 0.2) is 48.5 Å². The molecular formula is C37H52N4O7. The maximum absolute atomic E-state index is 13.7. The molecule has 3 amide bonds. The minimum Gasteiger partial charge on any atom is -0.392 e. The van der Waals surface area contributed by atoms with Crippen molar-refractivity contribution < 1.29 is 34.2 Å². The number of nitrogens with zero attached hydrogens (tertiary/aromatic N) is 1. The minimum absolute atomic E-state index is 0.0312. The van der Waals surface area contributed by atoms with Gasteiger partial charge in [0.05, 0.1) is 24.9 Å². The van der Waals surface area contributed by atoms with Gasteiger partial charge in [-0.25, -0.2) is 5.48 Å². The van der Waals surface area contributed by atoms with Crippen LogP contribution in [0.2, 0.25) is 0 Å². The van der Waals surface area contributed by atoms with Crippen molar-refractivity contribution >= 4 is 23.4 Å². The number of hydroxylamine groups is 1. The van der Waals surface area contributed by atoms with Gasteiger partial charge in [0, 0.05) is 48.6 Å². The van der Waals surface area contributed by atoms with E-state index in [9.17, 15) is 19.5 Å². The van der Waals surface area contributed by atoms with E-state index in [-0.39, 0.29) is 55.1 Å². The van der Waals surface area contributed by atoms with Crippen LogP contribution in [0.3, 0.4) is 0 Å². The van der Waals surface area contributed by atoms with E-state index in [1.54, 1.807) is 17.6 Å². The van der Waals surface area contributed by atoms with Crippen LogP contribution in [0.25, 0.3) is 0 Å². The number of piperidine rings is 1. The lowest BCUT2D eigenvalue weighted by molar-refractivity contribution is -0.255. The minimum atomic E-state index is -0.665. The highest BCUT2D eigenvalue weighted by Crippen LogP contribution is 2.42. The standard InChI is InChI=1S/C37H52N4O7/c1-37(2,3)39-35(45)31-20-17-25-7-4-5-8-30(25)41(31)22-29-21-32(26-13-11-24(23-42)12-14-26)48-36(47-29)27-15-18-28(19-16-27)38-33(43)9-6-10-34(44)40-46/h11-16,18-19,25,29-32,36,42,46H,4-10,17,20-23H2,1-3H3,(H,38,43)(H,39,45)(H,40,44)/t25-,29+,30-,31-,32-,36-/m1/s1. The number of amides is 3. The lowest BCUT2D eigenvalue weighted by atomic mass is 9.75. The van der Waals surface area contributed by atoms with E-state index in [1.165, 1.54) is 19.3 Å². The first kappa shape index (κ1) is 35.9. The smallest absolute Gasteiger partial charge is 0.243 e. The molecule has 262 valence electrons. The van der Waals surface area contributed by atoms with Crippen LogP contribution in [-0.2, 0) is 30.5 Å². The Bertz CT molecular complexity index is 1380. The summed E-state index contributed by atoms with van der Waals surface area (Å²) in [5, 5.41) is 24.3. The van der Waals surface area contributed by atoms with Gasteiger partial charge in [-0.15, -0.1) is 0 Å². The average molecular weight is 665 g/mol. The molecule has 11 heteroatoms. The molecule has 11 nitrogen and oxygen atoms in total. The third-order valence-electron chi connectivity index (χ3n) is 9.74. The number of benzene rings is 2. The largest absolute Gasteiger partial charge is 0.392 e. The van der Waals surface area contributed by atoms with Gasteiger partial charge in [0.2, 0.25) is 17.7 Å². The highest BCUT2D eigenvalue weighted by atomic mass is 16.7. The number of hydrogen-bond donors (Lipinski definition) is 5. The maximum Gasteiger partial charge on any atom is 0.243 e. The van der Waals surface area contributed by atoms with Crippen molar-refractivity contribution in [1.82, 2.24) is 15.7 Å². The Morgan fingerprint density at radius 3 is 2.25 bits per heavy atom. The zero-order valence-corrected chi connectivity index (χ0v) is 28.5. The van der Waals surface area contributed by atoms with E-state index < -0.39 is 12.2 Å². The number of nitrogens with one attached hydrogen (secondary N) is 3. The molecule has 1 aliphatic carbocycles. The van der Waals surface area contributed by atoms with Gasteiger partial charge in [-0.3, -0.25) is 24.5 Å². The lowest BCUT2D eigenvalue weighted by Gasteiger charge is -2.50. The molecule has 6 atom stereocenters. The molecule has 2 heterocycles. The number of likely N-dealkylation sites (tertiary alicyclic amines) is 1. The summed E-state index contributed by atoms with van der Waals surface area (Å²) in [5.74, 6) is -0.0779. The molecule has 2 saturated heterocycles. The van der Waals surface area contributed by atoms with Crippen molar-refractivity contribution in [3.05, 3.63) is 65.2 Å². The van der Waals surface area contributed by atoms with Crippen molar-refractivity contribution in [2.45, 2.75) is 128 Å². The predicted octanol–water partition coefficient (Wildman–Crippen LogP) is 5.28. The topological polar surface area (TPSA) is 149 Å². The van der Waals surface area contributed by atoms with Gasteiger partial charge < -0.3 is 25.2 Å². The highest BCUT2D eigenvalue weighted by molar-refractivity contribution is 5.91. The van der Waals surface area contributed by atoms with Gasteiger partial charge in [0.25, 0.3) is 0 Å². The zero-order chi connectivity index (χ0) is 34.3. The van der Waals surface area contributed by atoms with E-state index in [4.69, 9.17) is 14.7 Å². The Morgan fingerprint density at radius 1 is 0.875 bits per heavy atom. The molecule has 0 radical (unpaired) electrons. The Balaban J connectivity index is 1.34. The lowest BCUT2D eigenvalue weighted by Crippen LogP contribution is -2.61. The normalized spacial score (nSPS) is 26.3. The van der Waals surface area contributed by atoms with Gasteiger partial charge in [-0.2, -0.15) is 0 Å².